The molecule has 1 heterocycles. The SMILES string of the molecule is COc1ccc(-n2c(SCC(=O)c3ccc4ccccc4c3)nnc2-c2cc(OC)c(OC)c(OC)c2)cc1. The van der Waals surface area contributed by atoms with Crippen molar-refractivity contribution in [2.24, 2.45) is 0 Å². The number of ether oxygens (including phenoxy) is 4. The highest BCUT2D eigenvalue weighted by atomic mass is 32.2. The molecule has 0 fully saturated rings. The van der Waals surface area contributed by atoms with Gasteiger partial charge in [-0.1, -0.05) is 48.2 Å². The first kappa shape index (κ1) is 26.1. The molecule has 8 nitrogen and oxygen atoms in total. The minimum atomic E-state index is 0.00405. The Morgan fingerprint density at radius 3 is 2.10 bits per heavy atom. The zero-order valence-corrected chi connectivity index (χ0v) is 22.8. The quantitative estimate of drug-likeness (QED) is 0.155. The number of carbonyl (C=O) groups excluding carboxylic acids is 1. The molecule has 0 aliphatic carbocycles. The van der Waals surface area contributed by atoms with Crippen molar-refractivity contribution in [3.05, 3.63) is 84.4 Å². The third-order valence-electron chi connectivity index (χ3n) is 6.29. The van der Waals surface area contributed by atoms with E-state index in [2.05, 4.69) is 10.2 Å². The molecule has 9 heteroatoms. The number of fused-ring (bicyclic) bond motifs is 1. The molecule has 1 aromatic heterocycles. The van der Waals surface area contributed by atoms with Gasteiger partial charge in [-0.25, -0.2) is 0 Å². The Hall–Kier alpha value is -4.50. The largest absolute Gasteiger partial charge is 0.497 e. The van der Waals surface area contributed by atoms with Crippen molar-refractivity contribution < 1.29 is 23.7 Å². The smallest absolute Gasteiger partial charge is 0.203 e. The summed E-state index contributed by atoms with van der Waals surface area (Å²) in [6.45, 7) is 0. The van der Waals surface area contributed by atoms with Gasteiger partial charge in [0.15, 0.2) is 28.3 Å². The Balaban J connectivity index is 1.53. The second-order valence-electron chi connectivity index (χ2n) is 8.53. The van der Waals surface area contributed by atoms with E-state index in [1.54, 1.807) is 28.4 Å². The number of Topliss-reactive ketones (excluding diaryl/α,β-unsaturated/α-hetero) is 1. The van der Waals surface area contributed by atoms with Crippen molar-refractivity contribution in [1.82, 2.24) is 14.8 Å². The van der Waals surface area contributed by atoms with Crippen LogP contribution in [0.3, 0.4) is 0 Å². The minimum Gasteiger partial charge on any atom is -0.497 e. The third kappa shape index (κ3) is 5.26. The lowest BCUT2D eigenvalue weighted by molar-refractivity contribution is 0.102. The molecule has 0 saturated heterocycles. The number of nitrogens with zero attached hydrogens (tertiary/aromatic N) is 3. The molecule has 39 heavy (non-hydrogen) atoms. The van der Waals surface area contributed by atoms with Crippen molar-refractivity contribution in [2.75, 3.05) is 34.2 Å². The van der Waals surface area contributed by atoms with E-state index in [4.69, 9.17) is 18.9 Å². The molecular weight excluding hydrogens is 514 g/mol. The molecule has 0 spiro atoms. The summed E-state index contributed by atoms with van der Waals surface area (Å²) in [6, 6.07) is 24.9. The first-order valence-corrected chi connectivity index (χ1v) is 13.1. The summed E-state index contributed by atoms with van der Waals surface area (Å²) in [5, 5.41) is 11.6. The second-order valence-corrected chi connectivity index (χ2v) is 9.47. The Bertz CT molecular complexity index is 1610. The fourth-order valence-electron chi connectivity index (χ4n) is 4.30. The summed E-state index contributed by atoms with van der Waals surface area (Å²) in [6.07, 6.45) is 0. The van der Waals surface area contributed by atoms with E-state index >= 15 is 0 Å². The Morgan fingerprint density at radius 2 is 1.46 bits per heavy atom. The van der Waals surface area contributed by atoms with Gasteiger partial charge in [0.2, 0.25) is 5.75 Å². The molecule has 0 N–H and O–H groups in total. The van der Waals surface area contributed by atoms with Gasteiger partial charge in [0.1, 0.15) is 5.75 Å². The van der Waals surface area contributed by atoms with Gasteiger partial charge in [0, 0.05) is 16.8 Å². The number of thioether (sulfide) groups is 1. The summed E-state index contributed by atoms with van der Waals surface area (Å²) in [5.41, 5.74) is 2.17. The standard InChI is InChI=1S/C30H27N3O5S/c1-35-24-13-11-23(12-14-24)33-29(22-16-26(36-2)28(38-4)27(17-22)37-3)31-32-30(33)39-18-25(34)21-10-9-19-7-5-6-8-20(19)15-21/h5-17H,18H2,1-4H3. The lowest BCUT2D eigenvalue weighted by Crippen LogP contribution is -2.05. The molecule has 0 atom stereocenters. The normalized spacial score (nSPS) is 10.9. The van der Waals surface area contributed by atoms with Crippen molar-refractivity contribution >= 4 is 28.3 Å². The molecule has 0 amide bonds. The first-order chi connectivity index (χ1) is 19.1. The predicted octanol–water partition coefficient (Wildman–Crippen LogP) is 6.10. The average Bonchev–Trinajstić information content (AvgIpc) is 3.42. The van der Waals surface area contributed by atoms with Gasteiger partial charge in [-0.3, -0.25) is 9.36 Å². The third-order valence-corrected chi connectivity index (χ3v) is 7.22. The number of benzene rings is 4. The maximum atomic E-state index is 13.2. The highest BCUT2D eigenvalue weighted by Crippen LogP contribution is 2.42. The van der Waals surface area contributed by atoms with Crippen LogP contribution in [0, 0.1) is 0 Å². The van der Waals surface area contributed by atoms with Gasteiger partial charge < -0.3 is 18.9 Å². The van der Waals surface area contributed by atoms with E-state index in [0.29, 0.717) is 39.4 Å². The van der Waals surface area contributed by atoms with Gasteiger partial charge in [-0.2, -0.15) is 0 Å². The fraction of sp³-hybridized carbons (Fsp3) is 0.167. The van der Waals surface area contributed by atoms with Crippen LogP contribution in [0.2, 0.25) is 0 Å². The summed E-state index contributed by atoms with van der Waals surface area (Å²) >= 11 is 1.32. The van der Waals surface area contributed by atoms with Crippen LogP contribution in [0.15, 0.2) is 84.0 Å². The van der Waals surface area contributed by atoms with Crippen molar-refractivity contribution in [1.29, 1.82) is 0 Å². The maximum absolute atomic E-state index is 13.2. The van der Waals surface area contributed by atoms with E-state index in [-0.39, 0.29) is 11.5 Å². The van der Waals surface area contributed by atoms with Crippen molar-refractivity contribution in [2.45, 2.75) is 5.16 Å². The van der Waals surface area contributed by atoms with Gasteiger partial charge in [-0.05, 0) is 53.2 Å². The van der Waals surface area contributed by atoms with Crippen LogP contribution >= 0.6 is 11.8 Å². The Morgan fingerprint density at radius 1 is 0.769 bits per heavy atom. The van der Waals surface area contributed by atoms with Gasteiger partial charge in [0.05, 0.1) is 34.2 Å². The molecule has 0 bridgehead atoms. The number of rotatable bonds is 10. The molecule has 5 rings (SSSR count). The van der Waals surface area contributed by atoms with E-state index in [1.165, 1.54) is 11.8 Å². The molecule has 4 aromatic carbocycles. The zero-order valence-electron chi connectivity index (χ0n) is 22.0. The van der Waals surface area contributed by atoms with Gasteiger partial charge in [0.25, 0.3) is 0 Å². The highest BCUT2D eigenvalue weighted by molar-refractivity contribution is 7.99. The number of methoxy groups -OCH3 is 4. The van der Waals surface area contributed by atoms with Crippen LogP contribution in [-0.4, -0.2) is 54.7 Å². The van der Waals surface area contributed by atoms with Gasteiger partial charge in [-0.15, -0.1) is 10.2 Å². The van der Waals surface area contributed by atoms with E-state index in [1.807, 2.05) is 83.4 Å². The summed E-state index contributed by atoms with van der Waals surface area (Å²) < 4.78 is 23.8. The Kier molecular flexibility index (Phi) is 7.69. The van der Waals surface area contributed by atoms with Crippen LogP contribution in [0.1, 0.15) is 10.4 Å². The highest BCUT2D eigenvalue weighted by Gasteiger charge is 2.22. The van der Waals surface area contributed by atoms with Crippen LogP contribution in [0.5, 0.6) is 23.0 Å². The molecule has 198 valence electrons. The average molecular weight is 542 g/mol. The van der Waals surface area contributed by atoms with Crippen LogP contribution in [0.25, 0.3) is 27.8 Å². The second kappa shape index (κ2) is 11.5. The van der Waals surface area contributed by atoms with Crippen LogP contribution in [-0.2, 0) is 0 Å². The summed E-state index contributed by atoms with van der Waals surface area (Å²) in [5.74, 6) is 2.96. The molecular formula is C30H27N3O5S. The van der Waals surface area contributed by atoms with E-state index in [0.717, 1.165) is 22.2 Å². The van der Waals surface area contributed by atoms with E-state index < -0.39 is 0 Å². The Labute approximate surface area is 230 Å². The molecule has 5 aromatic rings. The lowest BCUT2D eigenvalue weighted by atomic mass is 10.1. The van der Waals surface area contributed by atoms with Crippen LogP contribution < -0.4 is 18.9 Å². The maximum Gasteiger partial charge on any atom is 0.203 e. The summed E-state index contributed by atoms with van der Waals surface area (Å²) in [7, 11) is 6.31. The zero-order chi connectivity index (χ0) is 27.4. The number of ketones is 1. The molecule has 0 saturated carbocycles. The topological polar surface area (TPSA) is 84.7 Å². The molecule has 0 radical (unpaired) electrons. The first-order valence-electron chi connectivity index (χ1n) is 12.1. The molecule has 0 aliphatic rings. The fourth-order valence-corrected chi connectivity index (χ4v) is 5.15. The molecule has 0 aliphatic heterocycles. The van der Waals surface area contributed by atoms with Gasteiger partial charge >= 0.3 is 0 Å². The molecule has 0 unspecified atom stereocenters. The number of carbonyl (C=O) groups is 1. The van der Waals surface area contributed by atoms with Crippen molar-refractivity contribution in [3.8, 4) is 40.1 Å². The number of aromatic nitrogens is 3. The lowest BCUT2D eigenvalue weighted by Gasteiger charge is -2.15. The minimum absolute atomic E-state index is 0.00405. The van der Waals surface area contributed by atoms with E-state index in [9.17, 15) is 4.79 Å². The number of hydrogen-bond acceptors (Lipinski definition) is 8. The van der Waals surface area contributed by atoms with Crippen molar-refractivity contribution in [3.63, 3.8) is 0 Å². The number of hydrogen-bond donors (Lipinski definition) is 0. The predicted molar refractivity (Wildman–Crippen MR) is 152 cm³/mol. The van der Waals surface area contributed by atoms with Crippen LogP contribution in [0.4, 0.5) is 0 Å². The summed E-state index contributed by atoms with van der Waals surface area (Å²) in [4.78, 5) is 13.2. The monoisotopic (exact) mass is 541 g/mol.